The van der Waals surface area contributed by atoms with E-state index >= 15 is 0 Å². The summed E-state index contributed by atoms with van der Waals surface area (Å²) in [6.07, 6.45) is 0. The summed E-state index contributed by atoms with van der Waals surface area (Å²) in [5, 5.41) is 0.646. The Bertz CT molecular complexity index is 326. The number of hydrogen-bond donors (Lipinski definition) is 0. The molecule has 0 amide bonds. The quantitative estimate of drug-likeness (QED) is 0.460. The molecule has 1 rings (SSSR count). The van der Waals surface area contributed by atoms with Crippen LogP contribution in [0, 0.1) is 10.5 Å². The minimum absolute atomic E-state index is 0.0124. The molecule has 0 spiro atoms. The van der Waals surface area contributed by atoms with E-state index in [9.17, 15) is 4.79 Å². The summed E-state index contributed by atoms with van der Waals surface area (Å²) in [7, 11) is 0. The van der Waals surface area contributed by atoms with Gasteiger partial charge in [0.25, 0.3) is 0 Å². The van der Waals surface area contributed by atoms with Crippen LogP contribution in [-0.2, 0) is 0 Å². The van der Waals surface area contributed by atoms with Gasteiger partial charge in [-0.1, -0.05) is 11.6 Å². The topological polar surface area (TPSA) is 17.1 Å². The van der Waals surface area contributed by atoms with E-state index in [-0.39, 0.29) is 11.7 Å². The lowest BCUT2D eigenvalue weighted by molar-refractivity contribution is 0.101. The molecule has 0 unspecified atom stereocenters. The van der Waals surface area contributed by atoms with Gasteiger partial charge in [0.15, 0.2) is 5.78 Å². The first-order valence-corrected chi connectivity index (χ1v) is 5.60. The van der Waals surface area contributed by atoms with Crippen molar-refractivity contribution in [3.05, 3.63) is 31.9 Å². The first kappa shape index (κ1) is 11.3. The van der Waals surface area contributed by atoms with Crippen LogP contribution >= 0.6 is 45.8 Å². The molecule has 13 heavy (non-hydrogen) atoms. The van der Waals surface area contributed by atoms with Gasteiger partial charge in [0.2, 0.25) is 0 Å². The second-order valence-electron chi connectivity index (χ2n) is 2.64. The van der Waals surface area contributed by atoms with Crippen molar-refractivity contribution in [2.45, 2.75) is 6.92 Å². The number of benzene rings is 1. The summed E-state index contributed by atoms with van der Waals surface area (Å²) in [4.78, 5) is 11.4. The van der Waals surface area contributed by atoms with Crippen molar-refractivity contribution in [3.63, 3.8) is 0 Å². The molecule has 70 valence electrons. The fraction of sp³-hybridized carbons (Fsp3) is 0.222. The van der Waals surface area contributed by atoms with Crippen molar-refractivity contribution in [1.82, 2.24) is 0 Å². The number of Topliss-reactive ketones (excluding diaryl/α,β-unsaturated/α-hetero) is 1. The Kier molecular flexibility index (Phi) is 4.01. The molecule has 0 saturated carbocycles. The van der Waals surface area contributed by atoms with Gasteiger partial charge in [-0.15, -0.1) is 11.6 Å². The maximum absolute atomic E-state index is 11.4. The smallest absolute Gasteiger partial charge is 0.178 e. The molecule has 1 nitrogen and oxygen atoms in total. The molecule has 1 aromatic rings. The minimum atomic E-state index is -0.0553. The van der Waals surface area contributed by atoms with Crippen molar-refractivity contribution in [3.8, 4) is 0 Å². The van der Waals surface area contributed by atoms with E-state index in [0.717, 1.165) is 9.13 Å². The van der Waals surface area contributed by atoms with Crippen LogP contribution in [0.4, 0.5) is 0 Å². The lowest BCUT2D eigenvalue weighted by Crippen LogP contribution is -2.05. The third-order valence-electron chi connectivity index (χ3n) is 1.65. The van der Waals surface area contributed by atoms with Gasteiger partial charge in [-0.05, 0) is 47.2 Å². The van der Waals surface area contributed by atoms with Crippen LogP contribution in [0.5, 0.6) is 0 Å². The number of halogens is 3. The van der Waals surface area contributed by atoms with Crippen LogP contribution in [0.15, 0.2) is 12.1 Å². The third-order valence-corrected chi connectivity index (χ3v) is 2.96. The van der Waals surface area contributed by atoms with Crippen LogP contribution in [0.1, 0.15) is 15.9 Å². The average Bonchev–Trinajstić information content (AvgIpc) is 2.02. The maximum Gasteiger partial charge on any atom is 0.178 e. The highest BCUT2D eigenvalue weighted by atomic mass is 127. The van der Waals surface area contributed by atoms with Crippen molar-refractivity contribution in [2.24, 2.45) is 0 Å². The van der Waals surface area contributed by atoms with E-state index in [2.05, 4.69) is 22.6 Å². The summed E-state index contributed by atoms with van der Waals surface area (Å²) in [6, 6.07) is 3.53. The number of hydrogen-bond acceptors (Lipinski definition) is 1. The Balaban J connectivity index is 3.28. The van der Waals surface area contributed by atoms with E-state index < -0.39 is 0 Å². The molecule has 0 atom stereocenters. The van der Waals surface area contributed by atoms with Gasteiger partial charge in [0.1, 0.15) is 0 Å². The molecule has 0 saturated heterocycles. The number of carbonyl (C=O) groups is 1. The summed E-state index contributed by atoms with van der Waals surface area (Å²) in [5.74, 6) is -0.0430. The van der Waals surface area contributed by atoms with Gasteiger partial charge in [0, 0.05) is 14.2 Å². The Morgan fingerprint density at radius 3 is 2.62 bits per heavy atom. The van der Waals surface area contributed by atoms with Crippen molar-refractivity contribution < 1.29 is 4.79 Å². The van der Waals surface area contributed by atoms with Gasteiger partial charge in [-0.25, -0.2) is 0 Å². The molecule has 0 aliphatic heterocycles. The standard InChI is InChI=1S/C9H7Cl2IO/c1-5-2-6(11)3-7(12)9(5)8(13)4-10/h2-3H,4H2,1H3. The van der Waals surface area contributed by atoms with Crippen LogP contribution in [0.2, 0.25) is 5.02 Å². The number of ketones is 1. The minimum Gasteiger partial charge on any atom is -0.293 e. The zero-order valence-corrected chi connectivity index (χ0v) is 10.6. The second-order valence-corrected chi connectivity index (χ2v) is 4.50. The molecule has 0 bridgehead atoms. The highest BCUT2D eigenvalue weighted by molar-refractivity contribution is 14.1. The monoisotopic (exact) mass is 328 g/mol. The lowest BCUT2D eigenvalue weighted by Gasteiger charge is -2.06. The fourth-order valence-electron chi connectivity index (χ4n) is 1.12. The molecular formula is C9H7Cl2IO. The molecule has 0 aromatic heterocycles. The largest absolute Gasteiger partial charge is 0.293 e. The van der Waals surface area contributed by atoms with Gasteiger partial charge in [-0.3, -0.25) is 4.79 Å². The predicted octanol–water partition coefficient (Wildman–Crippen LogP) is 3.67. The molecule has 0 N–H and O–H groups in total. The predicted molar refractivity (Wildman–Crippen MR) is 64.0 cm³/mol. The molecule has 0 aliphatic rings. The number of alkyl halides is 1. The number of carbonyl (C=O) groups excluding carboxylic acids is 1. The summed E-state index contributed by atoms with van der Waals surface area (Å²) in [5.41, 5.74) is 1.56. The van der Waals surface area contributed by atoms with Gasteiger partial charge >= 0.3 is 0 Å². The fourth-order valence-corrected chi connectivity index (χ4v) is 2.77. The van der Waals surface area contributed by atoms with Crippen LogP contribution < -0.4 is 0 Å². The van der Waals surface area contributed by atoms with Gasteiger partial charge in [-0.2, -0.15) is 0 Å². The van der Waals surface area contributed by atoms with Crippen molar-refractivity contribution in [1.29, 1.82) is 0 Å². The Labute approximate surface area is 101 Å². The average molecular weight is 329 g/mol. The molecular weight excluding hydrogens is 322 g/mol. The normalized spacial score (nSPS) is 10.2. The Morgan fingerprint density at radius 1 is 1.54 bits per heavy atom. The lowest BCUT2D eigenvalue weighted by atomic mass is 10.1. The highest BCUT2D eigenvalue weighted by Crippen LogP contribution is 2.22. The zero-order valence-electron chi connectivity index (χ0n) is 6.90. The molecule has 0 heterocycles. The SMILES string of the molecule is Cc1cc(Cl)cc(I)c1C(=O)CCl. The van der Waals surface area contributed by atoms with Gasteiger partial charge < -0.3 is 0 Å². The van der Waals surface area contributed by atoms with Crippen molar-refractivity contribution >= 4 is 51.6 Å². The van der Waals surface area contributed by atoms with E-state index in [4.69, 9.17) is 23.2 Å². The molecule has 0 fully saturated rings. The molecule has 1 aromatic carbocycles. The van der Waals surface area contributed by atoms with E-state index in [1.807, 2.05) is 6.92 Å². The molecule has 4 heteroatoms. The van der Waals surface area contributed by atoms with Crippen LogP contribution in [0.3, 0.4) is 0 Å². The zero-order chi connectivity index (χ0) is 10.0. The Hall–Kier alpha value is 0.200. The third kappa shape index (κ3) is 2.58. The van der Waals surface area contributed by atoms with Crippen molar-refractivity contribution in [2.75, 3.05) is 5.88 Å². The number of aryl methyl sites for hydroxylation is 1. The van der Waals surface area contributed by atoms with E-state index in [0.29, 0.717) is 10.6 Å². The molecule has 0 radical (unpaired) electrons. The summed E-state index contributed by atoms with van der Waals surface area (Å²) >= 11 is 13.4. The number of rotatable bonds is 2. The van der Waals surface area contributed by atoms with Crippen LogP contribution in [-0.4, -0.2) is 11.7 Å². The van der Waals surface area contributed by atoms with E-state index in [1.165, 1.54) is 0 Å². The van der Waals surface area contributed by atoms with Crippen LogP contribution in [0.25, 0.3) is 0 Å². The first-order valence-electron chi connectivity index (χ1n) is 3.61. The highest BCUT2D eigenvalue weighted by Gasteiger charge is 2.12. The maximum atomic E-state index is 11.4. The Morgan fingerprint density at radius 2 is 2.15 bits per heavy atom. The van der Waals surface area contributed by atoms with Gasteiger partial charge in [0.05, 0.1) is 5.88 Å². The van der Waals surface area contributed by atoms with E-state index in [1.54, 1.807) is 12.1 Å². The summed E-state index contributed by atoms with van der Waals surface area (Å²) in [6.45, 7) is 1.85. The molecule has 0 aliphatic carbocycles. The second kappa shape index (κ2) is 4.62. The summed E-state index contributed by atoms with van der Waals surface area (Å²) < 4.78 is 0.855. The first-order chi connectivity index (χ1) is 6.06.